The van der Waals surface area contributed by atoms with Gasteiger partial charge in [0, 0.05) is 22.9 Å². The number of hydrogen-bond donors (Lipinski definition) is 3. The van der Waals surface area contributed by atoms with E-state index < -0.39 is 51.7 Å². The van der Waals surface area contributed by atoms with Crippen LogP contribution in [0.15, 0.2) is 41.4 Å². The van der Waals surface area contributed by atoms with E-state index in [2.05, 4.69) is 15.3 Å². The van der Waals surface area contributed by atoms with Crippen molar-refractivity contribution in [1.82, 2.24) is 19.9 Å². The molecule has 0 aliphatic carbocycles. The molecule has 0 radical (unpaired) electrons. The average molecular weight is 597 g/mol. The summed E-state index contributed by atoms with van der Waals surface area (Å²) in [4.78, 5) is 22.0. The first-order chi connectivity index (χ1) is 18.9. The molecule has 3 aromatic rings. The van der Waals surface area contributed by atoms with Crippen molar-refractivity contribution in [3.05, 3.63) is 76.1 Å². The number of imidazole rings is 1. The van der Waals surface area contributed by atoms with Crippen molar-refractivity contribution >= 4 is 15.7 Å². The molecule has 0 saturated carbocycles. The Morgan fingerprint density at radius 1 is 1.15 bits per heavy atom. The van der Waals surface area contributed by atoms with Crippen molar-refractivity contribution in [3.63, 3.8) is 0 Å². The number of nitrogens with one attached hydrogen (secondary N) is 1. The largest absolute Gasteiger partial charge is 0.416 e. The van der Waals surface area contributed by atoms with Crippen LogP contribution in [0, 0.1) is 6.92 Å². The molecule has 3 rings (SSSR count). The molecule has 41 heavy (non-hydrogen) atoms. The van der Waals surface area contributed by atoms with Gasteiger partial charge in [-0.05, 0) is 37.6 Å². The molecule has 13 heteroatoms. The van der Waals surface area contributed by atoms with Gasteiger partial charge < -0.3 is 20.1 Å². The van der Waals surface area contributed by atoms with Crippen molar-refractivity contribution in [2.45, 2.75) is 76.7 Å². The van der Waals surface area contributed by atoms with Crippen LogP contribution in [0.2, 0.25) is 0 Å². The topological polar surface area (TPSA) is 134 Å². The van der Waals surface area contributed by atoms with Crippen molar-refractivity contribution < 1.29 is 36.6 Å². The van der Waals surface area contributed by atoms with Crippen molar-refractivity contribution in [2.75, 3.05) is 12.4 Å². The molecule has 1 amide bonds. The lowest BCUT2D eigenvalue weighted by molar-refractivity contribution is -0.138. The second kappa shape index (κ2) is 11.9. The number of rotatable bonds is 9. The Labute approximate surface area is 237 Å². The molecular formula is C28H35F3N4O5S. The highest BCUT2D eigenvalue weighted by Gasteiger charge is 2.36. The summed E-state index contributed by atoms with van der Waals surface area (Å²) in [5.74, 6) is -0.368. The third-order valence-corrected chi connectivity index (χ3v) is 8.44. The molecule has 0 aliphatic heterocycles. The number of pyridine rings is 1. The Morgan fingerprint density at radius 3 is 2.24 bits per heavy atom. The van der Waals surface area contributed by atoms with Gasteiger partial charge in [-0.25, -0.2) is 13.4 Å². The molecular weight excluding hydrogens is 561 g/mol. The van der Waals surface area contributed by atoms with Crippen LogP contribution in [-0.2, 0) is 28.0 Å². The normalized spacial score (nSPS) is 14.1. The first-order valence-corrected chi connectivity index (χ1v) is 14.6. The number of hydrogen-bond acceptors (Lipinski definition) is 7. The predicted octanol–water partition coefficient (Wildman–Crippen LogP) is 4.26. The molecule has 2 aromatic heterocycles. The fourth-order valence-corrected chi connectivity index (χ4v) is 5.22. The molecule has 2 unspecified atom stereocenters. The number of benzene rings is 1. The van der Waals surface area contributed by atoms with Gasteiger partial charge in [-0.3, -0.25) is 9.78 Å². The zero-order valence-corrected chi connectivity index (χ0v) is 24.6. The van der Waals surface area contributed by atoms with Gasteiger partial charge >= 0.3 is 6.18 Å². The van der Waals surface area contributed by atoms with Crippen LogP contribution < -0.4 is 5.32 Å². The number of alkyl halides is 3. The van der Waals surface area contributed by atoms with Gasteiger partial charge in [0.15, 0.2) is 9.84 Å². The van der Waals surface area contributed by atoms with Gasteiger partial charge in [0.1, 0.15) is 11.5 Å². The highest BCUT2D eigenvalue weighted by Crippen LogP contribution is 2.35. The Hall–Kier alpha value is -3.29. The number of halogens is 3. The van der Waals surface area contributed by atoms with Crippen molar-refractivity contribution in [1.29, 1.82) is 0 Å². The van der Waals surface area contributed by atoms with Crippen LogP contribution in [0.4, 0.5) is 13.2 Å². The van der Waals surface area contributed by atoms with Crippen LogP contribution in [0.1, 0.15) is 91.2 Å². The summed E-state index contributed by atoms with van der Waals surface area (Å²) in [5.41, 5.74) is -1.14. The van der Waals surface area contributed by atoms with Crippen LogP contribution in [0.25, 0.3) is 0 Å². The molecule has 0 saturated heterocycles. The smallest absolute Gasteiger partial charge is 0.394 e. The minimum atomic E-state index is -4.71. The van der Waals surface area contributed by atoms with E-state index in [-0.39, 0.29) is 34.1 Å². The summed E-state index contributed by atoms with van der Waals surface area (Å²) >= 11 is 0. The van der Waals surface area contributed by atoms with Crippen molar-refractivity contribution in [2.24, 2.45) is 0 Å². The van der Waals surface area contributed by atoms with Gasteiger partial charge in [-0.15, -0.1) is 0 Å². The number of nitrogens with zero attached hydrogens (tertiary/aromatic N) is 3. The number of aromatic nitrogens is 3. The molecule has 2 heterocycles. The van der Waals surface area contributed by atoms with Gasteiger partial charge in [0.25, 0.3) is 5.91 Å². The summed E-state index contributed by atoms with van der Waals surface area (Å²) in [6.45, 7) is 9.09. The van der Waals surface area contributed by atoms with Crippen LogP contribution in [0.3, 0.4) is 0 Å². The van der Waals surface area contributed by atoms with E-state index >= 15 is 0 Å². The number of carbonyl (C=O) groups is 1. The minimum Gasteiger partial charge on any atom is -0.394 e. The highest BCUT2D eigenvalue weighted by atomic mass is 32.2. The van der Waals surface area contributed by atoms with Gasteiger partial charge in [0.2, 0.25) is 0 Å². The van der Waals surface area contributed by atoms with Gasteiger partial charge in [-0.2, -0.15) is 13.2 Å². The zero-order valence-electron chi connectivity index (χ0n) is 23.7. The van der Waals surface area contributed by atoms with Gasteiger partial charge in [-0.1, -0.05) is 39.8 Å². The van der Waals surface area contributed by atoms with Crippen LogP contribution >= 0.6 is 0 Å². The van der Waals surface area contributed by atoms with E-state index in [1.54, 1.807) is 6.92 Å². The highest BCUT2D eigenvalue weighted by molar-refractivity contribution is 7.91. The Morgan fingerprint density at radius 2 is 1.76 bits per heavy atom. The van der Waals surface area contributed by atoms with E-state index in [1.807, 2.05) is 20.8 Å². The van der Waals surface area contributed by atoms with E-state index in [9.17, 15) is 36.6 Å². The summed E-state index contributed by atoms with van der Waals surface area (Å²) in [5, 5.41) is 22.4. The molecule has 0 aliphatic rings. The summed E-state index contributed by atoms with van der Waals surface area (Å²) < 4.78 is 67.6. The Balaban J connectivity index is 2.00. The SMILES string of the molecule is CCS(=O)(=O)c1ccc(C(CO)NC(=O)c2nc(C(C)(C)C)n(Cc3cnc(C(C)O)cc3C(F)(F)F)c2C)cc1. The van der Waals surface area contributed by atoms with E-state index in [4.69, 9.17) is 0 Å². The number of aliphatic hydroxyl groups is 2. The maximum atomic E-state index is 14.0. The van der Waals surface area contributed by atoms with E-state index in [0.29, 0.717) is 17.1 Å². The third-order valence-electron chi connectivity index (χ3n) is 6.69. The van der Waals surface area contributed by atoms with Crippen molar-refractivity contribution in [3.8, 4) is 0 Å². The lowest BCUT2D eigenvalue weighted by Gasteiger charge is -2.22. The molecule has 224 valence electrons. The van der Waals surface area contributed by atoms with Crippen LogP contribution in [0.5, 0.6) is 0 Å². The van der Waals surface area contributed by atoms with Gasteiger partial charge in [0.05, 0.1) is 47.2 Å². The molecule has 3 N–H and O–H groups in total. The maximum absolute atomic E-state index is 14.0. The van der Waals surface area contributed by atoms with Crippen LogP contribution in [-0.4, -0.2) is 51.4 Å². The molecule has 1 aromatic carbocycles. The second-order valence-corrected chi connectivity index (χ2v) is 13.1. The minimum absolute atomic E-state index is 0.0272. The maximum Gasteiger partial charge on any atom is 0.416 e. The second-order valence-electron chi connectivity index (χ2n) is 10.8. The van der Waals surface area contributed by atoms with E-state index in [0.717, 1.165) is 12.3 Å². The predicted molar refractivity (Wildman–Crippen MR) is 146 cm³/mol. The number of carbonyl (C=O) groups excluding carboxylic acids is 1. The fourth-order valence-electron chi connectivity index (χ4n) is 4.34. The molecule has 9 nitrogen and oxygen atoms in total. The molecule has 0 fully saturated rings. The Kier molecular flexibility index (Phi) is 9.36. The first kappa shape index (κ1) is 32.2. The number of aliphatic hydroxyl groups excluding tert-OH is 2. The number of sulfone groups is 1. The molecule has 0 bridgehead atoms. The lowest BCUT2D eigenvalue weighted by Crippen LogP contribution is -2.31. The standard InChI is InChI=1S/C28H35F3N4O5S/c1-7-41(39,40)20-10-8-18(9-11-20)23(15-36)33-25(38)24-16(2)35(26(34-24)27(4,5)6)14-19-13-32-22(17(3)37)12-21(19)28(29,30)31/h8-13,17,23,36-37H,7,14-15H2,1-6H3,(H,33,38). The van der Waals surface area contributed by atoms with E-state index in [1.165, 1.54) is 42.7 Å². The first-order valence-electron chi connectivity index (χ1n) is 13.0. The zero-order chi connectivity index (χ0) is 30.9. The number of amides is 1. The lowest BCUT2D eigenvalue weighted by atomic mass is 9.95. The molecule has 2 atom stereocenters. The summed E-state index contributed by atoms with van der Waals surface area (Å²) in [6.07, 6.45) is -4.83. The monoisotopic (exact) mass is 596 g/mol. The quantitative estimate of drug-likeness (QED) is 0.336. The third kappa shape index (κ3) is 7.14. The molecule has 0 spiro atoms. The summed E-state index contributed by atoms with van der Waals surface area (Å²) in [7, 11) is -3.43. The summed E-state index contributed by atoms with van der Waals surface area (Å²) in [6, 6.07) is 5.72. The Bertz CT molecular complexity index is 1510. The fraction of sp³-hybridized carbons (Fsp3) is 0.464. The average Bonchev–Trinajstić information content (AvgIpc) is 3.23.